The predicted molar refractivity (Wildman–Crippen MR) is 66.9 cm³/mol. The van der Waals surface area contributed by atoms with E-state index in [0.29, 0.717) is 26.3 Å². The zero-order valence-electron chi connectivity index (χ0n) is 11.2. The van der Waals surface area contributed by atoms with Crippen molar-refractivity contribution in [3.63, 3.8) is 0 Å². The Kier molecular flexibility index (Phi) is 4.57. The zero-order chi connectivity index (χ0) is 13.7. The Morgan fingerprint density at radius 2 is 2.37 bits per heavy atom. The summed E-state index contributed by atoms with van der Waals surface area (Å²) in [5.41, 5.74) is 0.506. The Balaban J connectivity index is 1.89. The smallest absolute Gasteiger partial charge is 0.374 e. The van der Waals surface area contributed by atoms with Crippen LogP contribution in [0.15, 0.2) is 16.7 Å². The first-order valence-corrected chi connectivity index (χ1v) is 6.19. The van der Waals surface area contributed by atoms with E-state index in [2.05, 4.69) is 10.1 Å². The summed E-state index contributed by atoms with van der Waals surface area (Å²) < 4.78 is 20.6. The Morgan fingerprint density at radius 3 is 3.00 bits per heavy atom. The monoisotopic (exact) mass is 269 g/mol. The van der Waals surface area contributed by atoms with Crippen molar-refractivity contribution in [3.8, 4) is 0 Å². The highest BCUT2D eigenvalue weighted by atomic mass is 16.6. The summed E-state index contributed by atoms with van der Waals surface area (Å²) in [6.07, 6.45) is 2.35. The third kappa shape index (κ3) is 3.15. The molecule has 0 aliphatic carbocycles. The maximum atomic E-state index is 11.4. The minimum absolute atomic E-state index is 0.240. The van der Waals surface area contributed by atoms with Crippen molar-refractivity contribution in [2.24, 2.45) is 0 Å². The molecular weight excluding hydrogens is 250 g/mol. The number of carbonyl (C=O) groups excluding carboxylic acids is 1. The van der Waals surface area contributed by atoms with E-state index in [0.717, 1.165) is 12.0 Å². The molecule has 0 radical (unpaired) electrons. The molecule has 0 amide bonds. The molecule has 6 heteroatoms. The van der Waals surface area contributed by atoms with Crippen molar-refractivity contribution in [1.29, 1.82) is 0 Å². The second-order valence-electron chi connectivity index (χ2n) is 4.56. The molecule has 2 heterocycles. The summed E-state index contributed by atoms with van der Waals surface area (Å²) in [5, 5.41) is 3.27. The number of ether oxygens (including phenoxy) is 3. The molecule has 1 fully saturated rings. The molecular formula is C13H19NO5. The van der Waals surface area contributed by atoms with Crippen LogP contribution in [0.1, 0.15) is 22.5 Å². The molecule has 106 valence electrons. The SMILES string of the molecule is COC(=O)c1occc1CNCC1(OC)CCOC1. The molecule has 2 rings (SSSR count). The van der Waals surface area contributed by atoms with Crippen molar-refractivity contribution in [2.75, 3.05) is 34.0 Å². The summed E-state index contributed by atoms with van der Waals surface area (Å²) in [7, 11) is 3.02. The first kappa shape index (κ1) is 14.0. The van der Waals surface area contributed by atoms with Crippen molar-refractivity contribution >= 4 is 5.97 Å². The lowest BCUT2D eigenvalue weighted by molar-refractivity contribution is -0.0159. The van der Waals surface area contributed by atoms with Crippen LogP contribution in [0.5, 0.6) is 0 Å². The maximum absolute atomic E-state index is 11.4. The van der Waals surface area contributed by atoms with Crippen LogP contribution in [0, 0.1) is 0 Å². The Bertz CT molecular complexity index is 422. The van der Waals surface area contributed by atoms with Crippen LogP contribution in [0.3, 0.4) is 0 Å². The van der Waals surface area contributed by atoms with E-state index >= 15 is 0 Å². The second kappa shape index (κ2) is 6.18. The van der Waals surface area contributed by atoms with Gasteiger partial charge in [0.25, 0.3) is 0 Å². The second-order valence-corrected chi connectivity index (χ2v) is 4.56. The first-order valence-electron chi connectivity index (χ1n) is 6.19. The number of hydrogen-bond acceptors (Lipinski definition) is 6. The Hall–Kier alpha value is -1.37. The van der Waals surface area contributed by atoms with Gasteiger partial charge < -0.3 is 23.9 Å². The van der Waals surface area contributed by atoms with Gasteiger partial charge in [-0.15, -0.1) is 0 Å². The van der Waals surface area contributed by atoms with Gasteiger partial charge in [-0.05, 0) is 6.07 Å². The number of rotatable bonds is 6. The minimum atomic E-state index is -0.465. The fraction of sp³-hybridized carbons (Fsp3) is 0.615. The molecule has 1 saturated heterocycles. The lowest BCUT2D eigenvalue weighted by Crippen LogP contribution is -2.42. The van der Waals surface area contributed by atoms with Crippen LogP contribution in [0.2, 0.25) is 0 Å². The molecule has 6 nitrogen and oxygen atoms in total. The van der Waals surface area contributed by atoms with Gasteiger partial charge in [-0.1, -0.05) is 0 Å². The van der Waals surface area contributed by atoms with Crippen molar-refractivity contribution in [2.45, 2.75) is 18.6 Å². The molecule has 1 aliphatic rings. The molecule has 19 heavy (non-hydrogen) atoms. The van der Waals surface area contributed by atoms with Crippen LogP contribution in [0.4, 0.5) is 0 Å². The molecule has 0 spiro atoms. The zero-order valence-corrected chi connectivity index (χ0v) is 11.2. The largest absolute Gasteiger partial charge is 0.463 e. The lowest BCUT2D eigenvalue weighted by atomic mass is 10.0. The average molecular weight is 269 g/mol. The van der Waals surface area contributed by atoms with Crippen molar-refractivity contribution in [1.82, 2.24) is 5.32 Å². The van der Waals surface area contributed by atoms with Gasteiger partial charge in [0.15, 0.2) is 0 Å². The molecule has 1 aromatic rings. The van der Waals surface area contributed by atoms with Crippen LogP contribution < -0.4 is 5.32 Å². The number of furan rings is 1. The topological polar surface area (TPSA) is 69.9 Å². The normalized spacial score (nSPS) is 22.6. The third-order valence-corrected chi connectivity index (χ3v) is 3.38. The van der Waals surface area contributed by atoms with Gasteiger partial charge in [0.2, 0.25) is 5.76 Å². The number of methoxy groups -OCH3 is 2. The van der Waals surface area contributed by atoms with Crippen molar-refractivity contribution < 1.29 is 23.4 Å². The standard InChI is InChI=1S/C13H19NO5/c1-16-12(15)11-10(3-5-19-11)7-14-8-13(17-2)4-6-18-9-13/h3,5,14H,4,6-9H2,1-2H3. The summed E-state index contributed by atoms with van der Waals surface area (Å²) in [4.78, 5) is 11.4. The Morgan fingerprint density at radius 1 is 1.53 bits per heavy atom. The van der Waals surface area contributed by atoms with Crippen LogP contribution >= 0.6 is 0 Å². The van der Waals surface area contributed by atoms with Crippen molar-refractivity contribution in [3.05, 3.63) is 23.7 Å². The van der Waals surface area contributed by atoms with Crippen LogP contribution in [-0.2, 0) is 20.8 Å². The van der Waals surface area contributed by atoms with Gasteiger partial charge in [-0.3, -0.25) is 0 Å². The summed E-state index contributed by atoms with van der Waals surface area (Å²) in [6, 6.07) is 1.75. The van der Waals surface area contributed by atoms with Crippen LogP contribution in [0.25, 0.3) is 0 Å². The number of nitrogens with one attached hydrogen (secondary N) is 1. The average Bonchev–Trinajstić information content (AvgIpc) is 3.07. The first-order chi connectivity index (χ1) is 9.21. The fourth-order valence-corrected chi connectivity index (χ4v) is 2.13. The summed E-state index contributed by atoms with van der Waals surface area (Å²) in [5.74, 6) is -0.225. The fourth-order valence-electron chi connectivity index (χ4n) is 2.13. The van der Waals surface area contributed by atoms with Crippen LogP contribution in [-0.4, -0.2) is 45.5 Å². The molecule has 1 aliphatic heterocycles. The molecule has 1 unspecified atom stereocenters. The predicted octanol–water partition coefficient (Wildman–Crippen LogP) is 0.961. The maximum Gasteiger partial charge on any atom is 0.374 e. The van der Waals surface area contributed by atoms with E-state index in [1.165, 1.54) is 13.4 Å². The minimum Gasteiger partial charge on any atom is -0.463 e. The van der Waals surface area contributed by atoms with Gasteiger partial charge in [-0.2, -0.15) is 0 Å². The number of hydrogen-bond donors (Lipinski definition) is 1. The Labute approximate surface area is 112 Å². The highest BCUT2D eigenvalue weighted by Crippen LogP contribution is 2.21. The van der Waals surface area contributed by atoms with Gasteiger partial charge in [0.1, 0.15) is 5.60 Å². The summed E-state index contributed by atoms with van der Waals surface area (Å²) >= 11 is 0. The quantitative estimate of drug-likeness (QED) is 0.776. The van der Waals surface area contributed by atoms with Gasteiger partial charge in [0.05, 0.1) is 20.0 Å². The van der Waals surface area contributed by atoms with E-state index in [-0.39, 0.29) is 11.4 Å². The van der Waals surface area contributed by atoms with E-state index in [1.807, 2.05) is 0 Å². The highest BCUT2D eigenvalue weighted by Gasteiger charge is 2.34. The molecule has 1 atom stereocenters. The number of carbonyl (C=O) groups is 1. The van der Waals surface area contributed by atoms with Gasteiger partial charge in [0, 0.05) is 38.8 Å². The van der Waals surface area contributed by atoms with Gasteiger partial charge >= 0.3 is 5.97 Å². The lowest BCUT2D eigenvalue weighted by Gasteiger charge is -2.25. The van der Waals surface area contributed by atoms with E-state index < -0.39 is 5.97 Å². The third-order valence-electron chi connectivity index (χ3n) is 3.38. The van der Waals surface area contributed by atoms with E-state index in [1.54, 1.807) is 13.2 Å². The molecule has 0 saturated carbocycles. The molecule has 1 N–H and O–H groups in total. The van der Waals surface area contributed by atoms with E-state index in [9.17, 15) is 4.79 Å². The van der Waals surface area contributed by atoms with Gasteiger partial charge in [-0.25, -0.2) is 4.79 Å². The molecule has 0 aromatic carbocycles. The number of esters is 1. The summed E-state index contributed by atoms with van der Waals surface area (Å²) in [6.45, 7) is 2.49. The molecule has 0 bridgehead atoms. The van der Waals surface area contributed by atoms with E-state index in [4.69, 9.17) is 13.9 Å². The molecule has 1 aromatic heterocycles. The highest BCUT2D eigenvalue weighted by molar-refractivity contribution is 5.87.